The second kappa shape index (κ2) is 24.1. The molecule has 0 bridgehead atoms. The molecule has 0 aromatic carbocycles. The summed E-state index contributed by atoms with van der Waals surface area (Å²) in [5.41, 5.74) is 3.83. The van der Waals surface area contributed by atoms with E-state index in [0.29, 0.717) is 19.3 Å². The van der Waals surface area contributed by atoms with Crippen molar-refractivity contribution in [1.29, 1.82) is 0 Å². The Morgan fingerprint density at radius 1 is 0.780 bits per heavy atom. The number of carbonyl (C=O) groups excluding carboxylic acids is 6. The SMILES string of the molecule is CC.CC(C)COC(=O)C(NC(=O)NC(C(=O)N1CCCC1C(=O)NC(CC1CCC1)C(=O)C(N)=O)C(C)(C)C)C(C)(C)C.CCC.CCC. The molecule has 1 saturated carbocycles. The normalized spacial score (nSPS) is 17.4. The molecule has 4 unspecified atom stereocenters. The molecule has 1 aliphatic heterocycles. The molecular formula is C38H73N5O7. The van der Waals surface area contributed by atoms with Crippen LogP contribution in [0.15, 0.2) is 0 Å². The summed E-state index contributed by atoms with van der Waals surface area (Å²) in [6.45, 7) is 27.6. The average molecular weight is 712 g/mol. The van der Waals surface area contributed by atoms with Crippen molar-refractivity contribution in [2.45, 2.75) is 172 Å². The van der Waals surface area contributed by atoms with E-state index in [1.54, 1.807) is 41.5 Å². The van der Waals surface area contributed by atoms with E-state index < -0.39 is 70.5 Å². The Morgan fingerprint density at radius 3 is 1.66 bits per heavy atom. The largest absolute Gasteiger partial charge is 0.464 e. The molecule has 12 heteroatoms. The predicted octanol–water partition coefficient (Wildman–Crippen LogP) is 5.89. The standard InChI is InChI=1S/C30H51N5O7.2C3H8.C2H6/c1-17(2)16-42-27(40)23(30(6,7)8)34-28(41)33-22(29(3,4)5)26(39)35-14-10-13-20(35)25(38)32-19(21(36)24(31)37)15-18-11-9-12-18;2*1-3-2;1-2/h17-20,22-23H,9-16H2,1-8H3,(H2,31,37)(H,32,38)(H2,33,34,41);2*3H2,1-2H3;1-2H3. The summed E-state index contributed by atoms with van der Waals surface area (Å²) >= 11 is 0. The maximum atomic E-state index is 13.9. The van der Waals surface area contributed by atoms with Crippen LogP contribution in [0.3, 0.4) is 0 Å². The fourth-order valence-corrected chi connectivity index (χ4v) is 5.12. The quantitative estimate of drug-likeness (QED) is 0.144. The number of esters is 1. The summed E-state index contributed by atoms with van der Waals surface area (Å²) in [6, 6.07) is -4.61. The number of nitrogens with zero attached hydrogens (tertiary/aromatic N) is 1. The number of nitrogens with two attached hydrogens (primary N) is 1. The Balaban J connectivity index is 0. The van der Waals surface area contributed by atoms with Gasteiger partial charge in [-0.25, -0.2) is 9.59 Å². The summed E-state index contributed by atoms with van der Waals surface area (Å²) in [7, 11) is 0. The van der Waals surface area contributed by atoms with Crippen LogP contribution in [0.5, 0.6) is 0 Å². The average Bonchev–Trinajstić information content (AvgIpc) is 3.49. The lowest BCUT2D eigenvalue weighted by Gasteiger charge is -2.37. The Morgan fingerprint density at radius 2 is 1.26 bits per heavy atom. The molecule has 1 aliphatic carbocycles. The molecule has 2 rings (SSSR count). The maximum Gasteiger partial charge on any atom is 0.329 e. The van der Waals surface area contributed by atoms with Gasteiger partial charge in [-0.15, -0.1) is 0 Å². The maximum absolute atomic E-state index is 13.9. The molecule has 50 heavy (non-hydrogen) atoms. The Hall–Kier alpha value is -3.18. The number of hydrogen-bond acceptors (Lipinski definition) is 7. The van der Waals surface area contributed by atoms with Gasteiger partial charge in [0.2, 0.25) is 17.6 Å². The summed E-state index contributed by atoms with van der Waals surface area (Å²) in [5, 5.41) is 8.10. The molecule has 12 nitrogen and oxygen atoms in total. The minimum absolute atomic E-state index is 0.124. The molecule has 5 amide bonds. The first-order chi connectivity index (χ1) is 23.2. The highest BCUT2D eigenvalue weighted by Crippen LogP contribution is 2.31. The smallest absolute Gasteiger partial charge is 0.329 e. The van der Waals surface area contributed by atoms with Gasteiger partial charge >= 0.3 is 12.0 Å². The molecule has 5 N–H and O–H groups in total. The van der Waals surface area contributed by atoms with E-state index in [-0.39, 0.29) is 25.0 Å². The molecule has 0 aromatic heterocycles. The van der Waals surface area contributed by atoms with Crippen molar-refractivity contribution < 1.29 is 33.5 Å². The number of ketones is 1. The lowest BCUT2D eigenvalue weighted by Crippen LogP contribution is -2.62. The van der Waals surface area contributed by atoms with Crippen molar-refractivity contribution >= 4 is 35.5 Å². The predicted molar refractivity (Wildman–Crippen MR) is 200 cm³/mol. The number of carbonyl (C=O) groups is 6. The van der Waals surface area contributed by atoms with Gasteiger partial charge in [0.1, 0.15) is 18.1 Å². The highest BCUT2D eigenvalue weighted by molar-refractivity contribution is 6.37. The first-order valence-corrected chi connectivity index (χ1v) is 18.8. The van der Waals surface area contributed by atoms with Crippen molar-refractivity contribution in [1.82, 2.24) is 20.9 Å². The Bertz CT molecular complexity index is 1060. The molecule has 2 aliphatic rings. The van der Waals surface area contributed by atoms with Crippen molar-refractivity contribution in [2.75, 3.05) is 13.2 Å². The van der Waals surface area contributed by atoms with Gasteiger partial charge in [0.05, 0.1) is 12.6 Å². The molecule has 1 saturated heterocycles. The first-order valence-electron chi connectivity index (χ1n) is 18.8. The van der Waals surface area contributed by atoms with Crippen molar-refractivity contribution in [3.8, 4) is 0 Å². The monoisotopic (exact) mass is 712 g/mol. The lowest BCUT2D eigenvalue weighted by atomic mass is 9.80. The molecule has 4 atom stereocenters. The zero-order chi connectivity index (χ0) is 39.4. The van der Waals surface area contributed by atoms with E-state index >= 15 is 0 Å². The van der Waals surface area contributed by atoms with E-state index in [9.17, 15) is 28.8 Å². The number of hydrogen-bond donors (Lipinski definition) is 4. The van der Waals surface area contributed by atoms with Gasteiger partial charge in [0.15, 0.2) is 0 Å². The molecule has 0 spiro atoms. The van der Waals surface area contributed by atoms with Crippen LogP contribution >= 0.6 is 0 Å². The summed E-state index contributed by atoms with van der Waals surface area (Å²) < 4.78 is 5.38. The van der Waals surface area contributed by atoms with Crippen LogP contribution in [-0.4, -0.2) is 77.7 Å². The van der Waals surface area contributed by atoms with Gasteiger partial charge in [0, 0.05) is 6.54 Å². The van der Waals surface area contributed by atoms with Crippen molar-refractivity contribution in [3.05, 3.63) is 0 Å². The molecule has 0 radical (unpaired) electrons. The van der Waals surface area contributed by atoms with Crippen LogP contribution in [0.25, 0.3) is 0 Å². The lowest BCUT2D eigenvalue weighted by molar-refractivity contribution is -0.149. The second-order valence-electron chi connectivity index (χ2n) is 15.7. The van der Waals surface area contributed by atoms with Crippen LogP contribution in [0.1, 0.15) is 148 Å². The van der Waals surface area contributed by atoms with E-state index in [1.807, 2.05) is 27.7 Å². The number of nitrogens with one attached hydrogen (secondary N) is 3. The van der Waals surface area contributed by atoms with Crippen LogP contribution in [0.2, 0.25) is 0 Å². The number of amides is 5. The van der Waals surface area contributed by atoms with Gasteiger partial charge in [-0.05, 0) is 41.9 Å². The third kappa shape index (κ3) is 17.7. The third-order valence-corrected chi connectivity index (χ3v) is 7.83. The molecule has 0 aromatic rings. The van der Waals surface area contributed by atoms with Gasteiger partial charge in [0.25, 0.3) is 5.91 Å². The Labute approximate surface area is 303 Å². The highest BCUT2D eigenvalue weighted by atomic mass is 16.5. The van der Waals surface area contributed by atoms with Crippen LogP contribution in [-0.2, 0) is 28.7 Å². The summed E-state index contributed by atoms with van der Waals surface area (Å²) in [5.74, 6) is -3.16. The Kier molecular flexibility index (Phi) is 23.6. The summed E-state index contributed by atoms with van der Waals surface area (Å²) in [4.78, 5) is 78.7. The molecule has 292 valence electrons. The molecule has 1 heterocycles. The summed E-state index contributed by atoms with van der Waals surface area (Å²) in [6.07, 6.45) is 6.62. The third-order valence-electron chi connectivity index (χ3n) is 7.83. The van der Waals surface area contributed by atoms with Crippen molar-refractivity contribution in [2.24, 2.45) is 28.4 Å². The van der Waals surface area contributed by atoms with Crippen LogP contribution < -0.4 is 21.7 Å². The van der Waals surface area contributed by atoms with Gasteiger partial charge in [-0.2, -0.15) is 0 Å². The number of ether oxygens (including phenoxy) is 1. The van der Waals surface area contributed by atoms with Gasteiger partial charge in [-0.3, -0.25) is 19.2 Å². The van der Waals surface area contributed by atoms with Crippen LogP contribution in [0, 0.1) is 22.7 Å². The number of Topliss-reactive ketones (excluding diaryl/α,β-unsaturated/α-hetero) is 1. The number of rotatable bonds is 12. The van der Waals surface area contributed by atoms with E-state index in [0.717, 1.165) is 19.3 Å². The minimum Gasteiger partial charge on any atom is -0.464 e. The minimum atomic E-state index is -1.11. The fraction of sp³-hybridized carbons (Fsp3) is 0.842. The number of primary amides is 1. The van der Waals surface area contributed by atoms with Gasteiger partial charge in [-0.1, -0.05) is 129 Å². The topological polar surface area (TPSA) is 177 Å². The fourth-order valence-electron chi connectivity index (χ4n) is 5.12. The molecular weight excluding hydrogens is 638 g/mol. The zero-order valence-electron chi connectivity index (χ0n) is 33.9. The van der Waals surface area contributed by atoms with Crippen LogP contribution in [0.4, 0.5) is 4.79 Å². The number of likely N-dealkylation sites (tertiary alicyclic amines) is 1. The highest BCUT2D eigenvalue weighted by Gasteiger charge is 2.44. The molecule has 2 fully saturated rings. The zero-order valence-corrected chi connectivity index (χ0v) is 33.9. The van der Waals surface area contributed by atoms with Gasteiger partial charge < -0.3 is 31.3 Å². The first kappa shape index (κ1) is 48.9. The van der Waals surface area contributed by atoms with E-state index in [1.165, 1.54) is 17.7 Å². The second-order valence-corrected chi connectivity index (χ2v) is 15.7. The van der Waals surface area contributed by atoms with Crippen molar-refractivity contribution in [3.63, 3.8) is 0 Å². The van der Waals surface area contributed by atoms with E-state index in [4.69, 9.17) is 10.5 Å². The van der Waals surface area contributed by atoms with E-state index in [2.05, 4.69) is 43.6 Å². The number of urea groups is 1.